The summed E-state index contributed by atoms with van der Waals surface area (Å²) in [5.41, 5.74) is 1.92. The van der Waals surface area contributed by atoms with Gasteiger partial charge in [-0.25, -0.2) is 4.98 Å². The number of hydrogen-bond acceptors (Lipinski definition) is 4. The standard InChI is InChI=1S/C17H23N3O/c1-19(2)14-6-5-9-20(11-14)17-10-13(12-21)15-7-3-4-8-16(15)18-17/h3-4,7-8,10,14,21H,5-6,9,11-12H2,1-2H3. The van der Waals surface area contributed by atoms with Crippen molar-refractivity contribution in [2.24, 2.45) is 0 Å². The first-order valence-corrected chi connectivity index (χ1v) is 7.60. The Balaban J connectivity index is 1.96. The number of aliphatic hydroxyl groups is 1. The summed E-state index contributed by atoms with van der Waals surface area (Å²) in [6.07, 6.45) is 2.43. The smallest absolute Gasteiger partial charge is 0.129 e. The number of aliphatic hydroxyl groups excluding tert-OH is 1. The fourth-order valence-electron chi connectivity index (χ4n) is 3.11. The van der Waals surface area contributed by atoms with E-state index in [1.807, 2.05) is 30.3 Å². The van der Waals surface area contributed by atoms with Crippen LogP contribution in [0.15, 0.2) is 30.3 Å². The number of hydrogen-bond donors (Lipinski definition) is 1. The highest BCUT2D eigenvalue weighted by molar-refractivity contribution is 5.84. The maximum atomic E-state index is 9.64. The van der Waals surface area contributed by atoms with Crippen molar-refractivity contribution in [2.45, 2.75) is 25.5 Å². The Bertz CT molecular complexity index is 626. The second-order valence-electron chi connectivity index (χ2n) is 6.02. The molecule has 1 aliphatic rings. The molecular weight excluding hydrogens is 262 g/mol. The number of benzene rings is 1. The fourth-order valence-corrected chi connectivity index (χ4v) is 3.11. The van der Waals surface area contributed by atoms with Gasteiger partial charge in [0, 0.05) is 24.5 Å². The van der Waals surface area contributed by atoms with E-state index in [4.69, 9.17) is 4.98 Å². The molecule has 4 heteroatoms. The Morgan fingerprint density at radius 2 is 2.14 bits per heavy atom. The van der Waals surface area contributed by atoms with Crippen LogP contribution >= 0.6 is 0 Å². The van der Waals surface area contributed by atoms with Crippen molar-refractivity contribution in [2.75, 3.05) is 32.1 Å². The summed E-state index contributed by atoms with van der Waals surface area (Å²) < 4.78 is 0. The lowest BCUT2D eigenvalue weighted by Gasteiger charge is -2.37. The highest BCUT2D eigenvalue weighted by Crippen LogP contribution is 2.26. The average molecular weight is 285 g/mol. The molecule has 0 saturated carbocycles. The molecule has 0 radical (unpaired) electrons. The number of rotatable bonds is 3. The van der Waals surface area contributed by atoms with Crippen LogP contribution in [-0.4, -0.2) is 48.2 Å². The molecule has 1 aliphatic heterocycles. The van der Waals surface area contributed by atoms with E-state index in [2.05, 4.69) is 23.9 Å². The van der Waals surface area contributed by atoms with Gasteiger partial charge < -0.3 is 14.9 Å². The van der Waals surface area contributed by atoms with Crippen molar-refractivity contribution in [3.05, 3.63) is 35.9 Å². The zero-order valence-electron chi connectivity index (χ0n) is 12.8. The molecule has 2 heterocycles. The van der Waals surface area contributed by atoms with E-state index in [-0.39, 0.29) is 6.61 Å². The molecule has 1 saturated heterocycles. The van der Waals surface area contributed by atoms with Gasteiger partial charge in [-0.15, -0.1) is 0 Å². The molecule has 0 amide bonds. The first kappa shape index (κ1) is 14.3. The van der Waals surface area contributed by atoms with E-state index >= 15 is 0 Å². The number of fused-ring (bicyclic) bond motifs is 1. The van der Waals surface area contributed by atoms with Crippen LogP contribution in [0.25, 0.3) is 10.9 Å². The Hall–Kier alpha value is -1.65. The van der Waals surface area contributed by atoms with Crippen molar-refractivity contribution in [1.82, 2.24) is 9.88 Å². The van der Waals surface area contributed by atoms with E-state index in [0.29, 0.717) is 6.04 Å². The van der Waals surface area contributed by atoms with Crippen LogP contribution < -0.4 is 4.90 Å². The van der Waals surface area contributed by atoms with Gasteiger partial charge in [0.2, 0.25) is 0 Å². The second kappa shape index (κ2) is 6.00. The minimum absolute atomic E-state index is 0.0565. The van der Waals surface area contributed by atoms with Gasteiger partial charge in [0.15, 0.2) is 0 Å². The zero-order valence-corrected chi connectivity index (χ0v) is 12.8. The first-order valence-electron chi connectivity index (χ1n) is 7.60. The summed E-state index contributed by atoms with van der Waals surface area (Å²) in [7, 11) is 4.28. The lowest BCUT2D eigenvalue weighted by Crippen LogP contribution is -2.45. The summed E-state index contributed by atoms with van der Waals surface area (Å²) in [6, 6.07) is 10.7. The van der Waals surface area contributed by atoms with Crippen molar-refractivity contribution in [3.8, 4) is 0 Å². The summed E-state index contributed by atoms with van der Waals surface area (Å²) in [6.45, 7) is 2.10. The topological polar surface area (TPSA) is 39.6 Å². The Morgan fingerprint density at radius 1 is 1.33 bits per heavy atom. The SMILES string of the molecule is CN(C)C1CCCN(c2cc(CO)c3ccccc3n2)C1. The quantitative estimate of drug-likeness (QED) is 0.939. The van der Waals surface area contributed by atoms with Gasteiger partial charge in [0.25, 0.3) is 0 Å². The van der Waals surface area contributed by atoms with Crippen LogP contribution in [0, 0.1) is 0 Å². The van der Waals surface area contributed by atoms with E-state index in [9.17, 15) is 5.11 Å². The minimum Gasteiger partial charge on any atom is -0.392 e. The van der Waals surface area contributed by atoms with Crippen LogP contribution in [0.4, 0.5) is 5.82 Å². The van der Waals surface area contributed by atoms with Gasteiger partial charge in [0.1, 0.15) is 5.82 Å². The number of aromatic nitrogens is 1. The van der Waals surface area contributed by atoms with Crippen LogP contribution in [0.1, 0.15) is 18.4 Å². The van der Waals surface area contributed by atoms with Gasteiger partial charge in [-0.3, -0.25) is 0 Å². The normalized spacial score (nSPS) is 19.4. The van der Waals surface area contributed by atoms with Crippen LogP contribution in [-0.2, 0) is 6.61 Å². The number of para-hydroxylation sites is 1. The third-order valence-corrected chi connectivity index (χ3v) is 4.41. The summed E-state index contributed by atoms with van der Waals surface area (Å²) >= 11 is 0. The first-order chi connectivity index (χ1) is 10.2. The van der Waals surface area contributed by atoms with Gasteiger partial charge in [-0.1, -0.05) is 18.2 Å². The number of piperidine rings is 1. The number of likely N-dealkylation sites (N-methyl/N-ethyl adjacent to an activating group) is 1. The molecule has 0 aliphatic carbocycles. The lowest BCUT2D eigenvalue weighted by atomic mass is 10.0. The predicted octanol–water partition coefficient (Wildman–Crippen LogP) is 2.26. The summed E-state index contributed by atoms with van der Waals surface area (Å²) in [5.74, 6) is 0.990. The minimum atomic E-state index is 0.0565. The molecule has 112 valence electrons. The Labute approximate surface area is 126 Å². The van der Waals surface area contributed by atoms with Crippen molar-refractivity contribution in [3.63, 3.8) is 0 Å². The van der Waals surface area contributed by atoms with Crippen molar-refractivity contribution in [1.29, 1.82) is 0 Å². The molecular formula is C17H23N3O. The number of nitrogens with zero attached hydrogens (tertiary/aromatic N) is 3. The molecule has 1 unspecified atom stereocenters. The summed E-state index contributed by atoms with van der Waals surface area (Å²) in [5, 5.41) is 10.7. The predicted molar refractivity (Wildman–Crippen MR) is 86.6 cm³/mol. The molecule has 2 aromatic rings. The van der Waals surface area contributed by atoms with Gasteiger partial charge >= 0.3 is 0 Å². The molecule has 4 nitrogen and oxygen atoms in total. The maximum absolute atomic E-state index is 9.64. The molecule has 0 spiro atoms. The molecule has 1 fully saturated rings. The van der Waals surface area contributed by atoms with E-state index in [0.717, 1.165) is 35.4 Å². The zero-order chi connectivity index (χ0) is 14.8. The Kier molecular flexibility index (Phi) is 4.08. The van der Waals surface area contributed by atoms with Gasteiger partial charge in [0.05, 0.1) is 12.1 Å². The summed E-state index contributed by atoms with van der Waals surface area (Å²) in [4.78, 5) is 9.44. The van der Waals surface area contributed by atoms with E-state index < -0.39 is 0 Å². The molecule has 1 atom stereocenters. The van der Waals surface area contributed by atoms with Gasteiger partial charge in [-0.05, 0) is 44.6 Å². The lowest BCUT2D eigenvalue weighted by molar-refractivity contribution is 0.257. The number of anilines is 1. The van der Waals surface area contributed by atoms with Crippen molar-refractivity contribution >= 4 is 16.7 Å². The molecule has 1 N–H and O–H groups in total. The molecule has 1 aromatic heterocycles. The second-order valence-corrected chi connectivity index (χ2v) is 6.02. The average Bonchev–Trinajstić information content (AvgIpc) is 2.53. The molecule has 1 aromatic carbocycles. The van der Waals surface area contributed by atoms with Crippen LogP contribution in [0.3, 0.4) is 0 Å². The Morgan fingerprint density at radius 3 is 2.90 bits per heavy atom. The largest absolute Gasteiger partial charge is 0.392 e. The fraction of sp³-hybridized carbons (Fsp3) is 0.471. The van der Waals surface area contributed by atoms with Crippen molar-refractivity contribution < 1.29 is 5.11 Å². The van der Waals surface area contributed by atoms with Gasteiger partial charge in [-0.2, -0.15) is 0 Å². The van der Waals surface area contributed by atoms with E-state index in [1.54, 1.807) is 0 Å². The number of pyridine rings is 1. The monoisotopic (exact) mass is 285 g/mol. The van der Waals surface area contributed by atoms with Crippen LogP contribution in [0.5, 0.6) is 0 Å². The third kappa shape index (κ3) is 2.87. The molecule has 3 rings (SSSR count). The third-order valence-electron chi connectivity index (χ3n) is 4.41. The van der Waals surface area contributed by atoms with E-state index in [1.165, 1.54) is 12.8 Å². The highest BCUT2D eigenvalue weighted by Gasteiger charge is 2.22. The molecule has 21 heavy (non-hydrogen) atoms. The van der Waals surface area contributed by atoms with Crippen LogP contribution in [0.2, 0.25) is 0 Å². The maximum Gasteiger partial charge on any atom is 0.129 e. The highest BCUT2D eigenvalue weighted by atomic mass is 16.3. The molecule has 0 bridgehead atoms.